The van der Waals surface area contributed by atoms with E-state index in [1.807, 2.05) is 0 Å². The molecule has 1 amide bonds. The first-order valence-corrected chi connectivity index (χ1v) is 6.79. The van der Waals surface area contributed by atoms with Crippen molar-refractivity contribution in [3.05, 3.63) is 68.3 Å². The van der Waals surface area contributed by atoms with Crippen molar-refractivity contribution in [2.45, 2.75) is 6.92 Å². The molecule has 0 aliphatic carbocycles. The third-order valence-corrected chi connectivity index (χ3v) is 3.19. The summed E-state index contributed by atoms with van der Waals surface area (Å²) >= 11 is 0. The van der Waals surface area contributed by atoms with E-state index in [1.54, 1.807) is 6.07 Å². The third-order valence-electron chi connectivity index (χ3n) is 3.19. The molecule has 0 fully saturated rings. The molecule has 0 heterocycles. The second-order valence-electron chi connectivity index (χ2n) is 4.79. The number of nitrogens with zero attached hydrogens (tertiary/aromatic N) is 2. The number of carbonyl (C=O) groups is 1. The molecule has 2 rings (SSSR count). The van der Waals surface area contributed by atoms with Crippen LogP contribution >= 0.6 is 0 Å². The van der Waals surface area contributed by atoms with Crippen LogP contribution in [0.15, 0.2) is 42.5 Å². The number of benzene rings is 2. The Balaban J connectivity index is 1.98. The minimum Gasteiger partial charge on any atom is -0.484 e. The first-order chi connectivity index (χ1) is 11.4. The summed E-state index contributed by atoms with van der Waals surface area (Å²) in [5, 5.41) is 23.9. The lowest BCUT2D eigenvalue weighted by Crippen LogP contribution is -2.20. The van der Waals surface area contributed by atoms with E-state index in [2.05, 4.69) is 5.32 Å². The zero-order valence-electron chi connectivity index (χ0n) is 12.6. The summed E-state index contributed by atoms with van der Waals surface area (Å²) in [5.41, 5.74) is 0.482. The lowest BCUT2D eigenvalue weighted by Gasteiger charge is -2.09. The molecule has 0 saturated heterocycles. The van der Waals surface area contributed by atoms with Gasteiger partial charge in [-0.1, -0.05) is 6.07 Å². The Morgan fingerprint density at radius 1 is 1.08 bits per heavy atom. The SMILES string of the molecule is Cc1c(NC(=O)COc2ccc([N+](=O)[O-])cc2)cccc1[N+](=O)[O-]. The van der Waals surface area contributed by atoms with Crippen molar-refractivity contribution in [3.63, 3.8) is 0 Å². The quantitative estimate of drug-likeness (QED) is 0.641. The standard InChI is InChI=1S/C15H13N3O6/c1-10-13(3-2-4-14(10)18(22)23)16-15(19)9-24-12-7-5-11(6-8-12)17(20)21/h2-8H,9H2,1H3,(H,16,19). The van der Waals surface area contributed by atoms with Gasteiger partial charge >= 0.3 is 0 Å². The molecule has 0 spiro atoms. The molecule has 0 aromatic heterocycles. The summed E-state index contributed by atoms with van der Waals surface area (Å²) < 4.78 is 5.22. The van der Waals surface area contributed by atoms with Gasteiger partial charge in [-0.2, -0.15) is 0 Å². The topological polar surface area (TPSA) is 125 Å². The molecule has 0 radical (unpaired) electrons. The molecule has 0 saturated carbocycles. The van der Waals surface area contributed by atoms with Crippen molar-refractivity contribution in [3.8, 4) is 5.75 Å². The van der Waals surface area contributed by atoms with Crippen molar-refractivity contribution in [2.24, 2.45) is 0 Å². The van der Waals surface area contributed by atoms with Crippen LogP contribution in [0.4, 0.5) is 17.1 Å². The molecule has 9 nitrogen and oxygen atoms in total. The van der Waals surface area contributed by atoms with Gasteiger partial charge in [0.05, 0.1) is 21.1 Å². The molecular weight excluding hydrogens is 318 g/mol. The van der Waals surface area contributed by atoms with E-state index in [1.165, 1.54) is 43.3 Å². The second-order valence-corrected chi connectivity index (χ2v) is 4.79. The molecule has 0 unspecified atom stereocenters. The summed E-state index contributed by atoms with van der Waals surface area (Å²) in [6.45, 7) is 1.20. The molecule has 124 valence electrons. The van der Waals surface area contributed by atoms with E-state index < -0.39 is 15.8 Å². The molecule has 9 heteroatoms. The summed E-state index contributed by atoms with van der Waals surface area (Å²) in [6, 6.07) is 9.65. The van der Waals surface area contributed by atoms with Gasteiger partial charge in [-0.25, -0.2) is 0 Å². The van der Waals surface area contributed by atoms with Gasteiger partial charge in [0.25, 0.3) is 17.3 Å². The second kappa shape index (κ2) is 7.18. The number of amides is 1. The summed E-state index contributed by atoms with van der Waals surface area (Å²) in [4.78, 5) is 32.2. The molecule has 24 heavy (non-hydrogen) atoms. The maximum Gasteiger partial charge on any atom is 0.274 e. The van der Waals surface area contributed by atoms with Crippen LogP contribution in [0.2, 0.25) is 0 Å². The summed E-state index contributed by atoms with van der Waals surface area (Å²) in [5.74, 6) is -0.205. The van der Waals surface area contributed by atoms with Crippen LogP contribution in [-0.4, -0.2) is 22.4 Å². The van der Waals surface area contributed by atoms with Gasteiger partial charge in [0.15, 0.2) is 6.61 Å². The van der Waals surface area contributed by atoms with E-state index in [0.717, 1.165) is 0 Å². The fourth-order valence-corrected chi connectivity index (χ4v) is 1.96. The molecule has 0 bridgehead atoms. The number of nitro groups is 2. The van der Waals surface area contributed by atoms with Crippen LogP contribution in [0.1, 0.15) is 5.56 Å². The average molecular weight is 331 g/mol. The van der Waals surface area contributed by atoms with Crippen LogP contribution in [0.25, 0.3) is 0 Å². The number of hydrogen-bond acceptors (Lipinski definition) is 6. The predicted molar refractivity (Wildman–Crippen MR) is 85.1 cm³/mol. The highest BCUT2D eigenvalue weighted by atomic mass is 16.6. The smallest absolute Gasteiger partial charge is 0.274 e. The Morgan fingerprint density at radius 3 is 2.33 bits per heavy atom. The van der Waals surface area contributed by atoms with Gasteiger partial charge in [-0.15, -0.1) is 0 Å². The van der Waals surface area contributed by atoms with Crippen molar-refractivity contribution in [1.82, 2.24) is 0 Å². The van der Waals surface area contributed by atoms with Crippen LogP contribution in [0, 0.1) is 27.2 Å². The number of hydrogen-bond donors (Lipinski definition) is 1. The normalized spacial score (nSPS) is 10.0. The highest BCUT2D eigenvalue weighted by molar-refractivity contribution is 5.93. The lowest BCUT2D eigenvalue weighted by atomic mass is 10.1. The van der Waals surface area contributed by atoms with Gasteiger partial charge in [0.2, 0.25) is 0 Å². The summed E-state index contributed by atoms with van der Waals surface area (Å²) in [6.07, 6.45) is 0. The molecule has 2 aromatic rings. The van der Waals surface area contributed by atoms with Crippen molar-refractivity contribution in [2.75, 3.05) is 11.9 Å². The van der Waals surface area contributed by atoms with Crippen LogP contribution in [0.3, 0.4) is 0 Å². The summed E-state index contributed by atoms with van der Waals surface area (Å²) in [7, 11) is 0. The number of nitrogens with one attached hydrogen (secondary N) is 1. The van der Waals surface area contributed by atoms with Crippen LogP contribution < -0.4 is 10.1 Å². The third kappa shape index (κ3) is 4.03. The highest BCUT2D eigenvalue weighted by Crippen LogP contribution is 2.25. The minimum atomic E-state index is -0.540. The van der Waals surface area contributed by atoms with Gasteiger partial charge in [0.1, 0.15) is 5.75 Å². The fraction of sp³-hybridized carbons (Fsp3) is 0.133. The maximum absolute atomic E-state index is 11.9. The molecule has 2 aromatic carbocycles. The van der Waals surface area contributed by atoms with Gasteiger partial charge < -0.3 is 10.1 Å². The van der Waals surface area contributed by atoms with E-state index in [9.17, 15) is 25.0 Å². The molecule has 0 aliphatic rings. The van der Waals surface area contributed by atoms with E-state index in [0.29, 0.717) is 17.0 Å². The Morgan fingerprint density at radius 2 is 1.75 bits per heavy atom. The Hall–Kier alpha value is -3.49. The molecule has 0 atom stereocenters. The predicted octanol–water partition coefficient (Wildman–Crippen LogP) is 2.83. The van der Waals surface area contributed by atoms with Crippen LogP contribution in [-0.2, 0) is 4.79 Å². The first kappa shape index (κ1) is 16.9. The lowest BCUT2D eigenvalue weighted by molar-refractivity contribution is -0.385. The monoisotopic (exact) mass is 331 g/mol. The van der Waals surface area contributed by atoms with E-state index in [-0.39, 0.29) is 18.0 Å². The van der Waals surface area contributed by atoms with Crippen molar-refractivity contribution in [1.29, 1.82) is 0 Å². The van der Waals surface area contributed by atoms with Crippen LogP contribution in [0.5, 0.6) is 5.75 Å². The van der Waals surface area contributed by atoms with Crippen molar-refractivity contribution < 1.29 is 19.4 Å². The first-order valence-electron chi connectivity index (χ1n) is 6.79. The number of rotatable bonds is 6. The molecular formula is C15H13N3O6. The van der Waals surface area contributed by atoms with E-state index >= 15 is 0 Å². The van der Waals surface area contributed by atoms with E-state index in [4.69, 9.17) is 4.74 Å². The fourth-order valence-electron chi connectivity index (χ4n) is 1.96. The zero-order valence-corrected chi connectivity index (χ0v) is 12.6. The average Bonchev–Trinajstić information content (AvgIpc) is 2.55. The molecule has 0 aliphatic heterocycles. The van der Waals surface area contributed by atoms with Gasteiger partial charge in [-0.05, 0) is 25.1 Å². The largest absolute Gasteiger partial charge is 0.484 e. The van der Waals surface area contributed by atoms with Gasteiger partial charge in [0, 0.05) is 18.2 Å². The number of non-ortho nitro benzene ring substituents is 1. The maximum atomic E-state index is 11.9. The molecule has 1 N–H and O–H groups in total. The zero-order chi connectivity index (χ0) is 17.7. The Bertz CT molecular complexity index is 788. The Kier molecular flexibility index (Phi) is 5.05. The number of ether oxygens (including phenoxy) is 1. The number of anilines is 1. The number of carbonyl (C=O) groups excluding carboxylic acids is 1. The van der Waals surface area contributed by atoms with Gasteiger partial charge in [-0.3, -0.25) is 25.0 Å². The highest BCUT2D eigenvalue weighted by Gasteiger charge is 2.15. The minimum absolute atomic E-state index is 0.0842. The van der Waals surface area contributed by atoms with Crippen molar-refractivity contribution >= 4 is 23.0 Å². The Labute approximate surface area is 136 Å². The number of nitro benzene ring substituents is 2.